The molecule has 2 atom stereocenters. The molecule has 7 heteroatoms. The number of benzene rings is 1. The minimum absolute atomic E-state index is 0.120. The highest BCUT2D eigenvalue weighted by Crippen LogP contribution is 2.37. The van der Waals surface area contributed by atoms with Crippen molar-refractivity contribution in [3.05, 3.63) is 29.3 Å². The molecule has 0 amide bonds. The topological polar surface area (TPSA) is 94.9 Å². The van der Waals surface area contributed by atoms with E-state index in [2.05, 4.69) is 0 Å². The Morgan fingerprint density at radius 2 is 1.88 bits per heavy atom. The number of sulfonamides is 1. The van der Waals surface area contributed by atoms with Gasteiger partial charge in [0.1, 0.15) is 5.41 Å². The predicted octanol–water partition coefficient (Wildman–Crippen LogP) is 1.93. The summed E-state index contributed by atoms with van der Waals surface area (Å²) in [7, 11) is -3.79. The molecule has 1 aliphatic heterocycles. The summed E-state index contributed by atoms with van der Waals surface area (Å²) >= 11 is 0. The number of piperidine rings is 1. The maximum Gasteiger partial charge on any atom is 0.313 e. The van der Waals surface area contributed by atoms with E-state index in [0.717, 1.165) is 11.1 Å². The van der Waals surface area contributed by atoms with Crippen LogP contribution in [0, 0.1) is 19.3 Å². The molecule has 134 valence electrons. The minimum Gasteiger partial charge on any atom is -0.481 e. The van der Waals surface area contributed by atoms with Gasteiger partial charge >= 0.3 is 5.97 Å². The molecule has 1 aliphatic rings. The van der Waals surface area contributed by atoms with Crippen molar-refractivity contribution >= 4 is 16.0 Å². The lowest BCUT2D eigenvalue weighted by atomic mass is 9.74. The number of hydrogen-bond acceptors (Lipinski definition) is 4. The van der Waals surface area contributed by atoms with Crippen LogP contribution in [0.4, 0.5) is 0 Å². The van der Waals surface area contributed by atoms with E-state index in [1.54, 1.807) is 12.1 Å². The van der Waals surface area contributed by atoms with E-state index >= 15 is 0 Å². The van der Waals surface area contributed by atoms with E-state index in [-0.39, 0.29) is 30.8 Å². The Bertz CT molecular complexity index is 710. The Hall–Kier alpha value is -1.44. The Kier molecular flexibility index (Phi) is 5.37. The molecule has 1 aromatic rings. The zero-order valence-corrected chi connectivity index (χ0v) is 15.1. The quantitative estimate of drug-likeness (QED) is 0.841. The molecule has 6 nitrogen and oxygen atoms in total. The molecule has 0 unspecified atom stereocenters. The first kappa shape index (κ1) is 18.9. The second-order valence-electron chi connectivity index (χ2n) is 6.68. The van der Waals surface area contributed by atoms with Crippen molar-refractivity contribution < 1.29 is 23.4 Å². The first-order valence-electron chi connectivity index (χ1n) is 8.13. The first-order chi connectivity index (χ1) is 11.1. The van der Waals surface area contributed by atoms with Crippen molar-refractivity contribution in [1.82, 2.24) is 4.31 Å². The number of hydrogen-bond donors (Lipinski definition) is 2. The number of rotatable bonds is 5. The summed E-state index contributed by atoms with van der Waals surface area (Å²) in [6.45, 7) is 5.39. The summed E-state index contributed by atoms with van der Waals surface area (Å²) in [6.07, 6.45) is -0.125. The van der Waals surface area contributed by atoms with E-state index in [1.165, 1.54) is 4.31 Å². The Morgan fingerprint density at radius 3 is 2.38 bits per heavy atom. The van der Waals surface area contributed by atoms with Crippen LogP contribution < -0.4 is 0 Å². The second kappa shape index (κ2) is 6.82. The van der Waals surface area contributed by atoms with Crippen LogP contribution in [-0.4, -0.2) is 48.1 Å². The summed E-state index contributed by atoms with van der Waals surface area (Å²) in [5.74, 6) is -1.14. The number of carboxylic acids is 1. The van der Waals surface area contributed by atoms with Gasteiger partial charge in [-0.1, -0.05) is 19.4 Å². The van der Waals surface area contributed by atoms with Crippen LogP contribution in [0.5, 0.6) is 0 Å². The van der Waals surface area contributed by atoms with Gasteiger partial charge in [-0.3, -0.25) is 4.79 Å². The van der Waals surface area contributed by atoms with Crippen LogP contribution in [-0.2, 0) is 14.8 Å². The summed E-state index contributed by atoms with van der Waals surface area (Å²) in [6, 6.07) is 5.07. The highest BCUT2D eigenvalue weighted by atomic mass is 32.2. The zero-order valence-electron chi connectivity index (χ0n) is 14.3. The van der Waals surface area contributed by atoms with Gasteiger partial charge in [-0.2, -0.15) is 4.31 Å². The van der Waals surface area contributed by atoms with Crippen molar-refractivity contribution in [1.29, 1.82) is 0 Å². The first-order valence-corrected chi connectivity index (χ1v) is 9.57. The summed E-state index contributed by atoms with van der Waals surface area (Å²) < 4.78 is 27.1. The number of nitrogens with zero attached hydrogens (tertiary/aromatic N) is 1. The van der Waals surface area contributed by atoms with Crippen LogP contribution in [0.1, 0.15) is 37.3 Å². The molecule has 1 fully saturated rings. The summed E-state index contributed by atoms with van der Waals surface area (Å²) in [5.41, 5.74) is 0.228. The number of aliphatic hydroxyl groups excluding tert-OH is 1. The third-order valence-corrected chi connectivity index (χ3v) is 6.53. The van der Waals surface area contributed by atoms with Crippen LogP contribution in [0.25, 0.3) is 0 Å². The van der Waals surface area contributed by atoms with Gasteiger partial charge in [-0.05, 0) is 49.9 Å². The van der Waals surface area contributed by atoms with Gasteiger partial charge in [-0.25, -0.2) is 8.42 Å². The van der Waals surface area contributed by atoms with Crippen LogP contribution in [0.2, 0.25) is 0 Å². The highest BCUT2D eigenvalue weighted by molar-refractivity contribution is 7.89. The molecule has 0 radical (unpaired) electrons. The fourth-order valence-electron chi connectivity index (χ4n) is 3.49. The van der Waals surface area contributed by atoms with Gasteiger partial charge in [0.05, 0.1) is 11.0 Å². The van der Waals surface area contributed by atoms with Crippen molar-refractivity contribution in [3.8, 4) is 0 Å². The van der Waals surface area contributed by atoms with Gasteiger partial charge in [0.15, 0.2) is 0 Å². The van der Waals surface area contributed by atoms with Crippen molar-refractivity contribution in [2.45, 2.75) is 51.0 Å². The maximum atomic E-state index is 13.0. The number of aliphatic hydroxyl groups is 1. The third kappa shape index (κ3) is 3.34. The smallest absolute Gasteiger partial charge is 0.313 e. The standard InChI is InChI=1S/C17H25NO5S/c1-4-6-17(16(20)21)11-18(7-5-15(17)19)24(22,23)14-9-12(2)8-13(3)10-14/h8-10,15,19H,4-7,11H2,1-3H3,(H,20,21)/t15-,17-/m0/s1. The molecule has 1 saturated heterocycles. The number of aryl methyl sites for hydroxylation is 2. The zero-order chi connectivity index (χ0) is 18.1. The number of aliphatic carboxylic acids is 1. The van der Waals surface area contributed by atoms with Gasteiger partial charge in [0.25, 0.3) is 0 Å². The Balaban J connectivity index is 2.42. The largest absolute Gasteiger partial charge is 0.481 e. The third-order valence-electron chi connectivity index (χ3n) is 4.70. The molecule has 2 rings (SSSR count). The molecular formula is C17H25NO5S. The van der Waals surface area contributed by atoms with Gasteiger partial charge in [0, 0.05) is 13.1 Å². The van der Waals surface area contributed by atoms with E-state index in [9.17, 15) is 23.4 Å². The molecule has 24 heavy (non-hydrogen) atoms. The van der Waals surface area contributed by atoms with Gasteiger partial charge in [-0.15, -0.1) is 0 Å². The average molecular weight is 355 g/mol. The molecule has 0 aromatic heterocycles. The van der Waals surface area contributed by atoms with Crippen molar-refractivity contribution in [2.75, 3.05) is 13.1 Å². The predicted molar refractivity (Wildman–Crippen MR) is 90.3 cm³/mol. The van der Waals surface area contributed by atoms with E-state index in [1.807, 2.05) is 26.8 Å². The van der Waals surface area contributed by atoms with Crippen molar-refractivity contribution in [3.63, 3.8) is 0 Å². The van der Waals surface area contributed by atoms with Crippen LogP contribution in [0.15, 0.2) is 23.1 Å². The lowest BCUT2D eigenvalue weighted by Gasteiger charge is -2.42. The van der Waals surface area contributed by atoms with Crippen LogP contribution in [0.3, 0.4) is 0 Å². The number of carbonyl (C=O) groups is 1. The lowest BCUT2D eigenvalue weighted by molar-refractivity contribution is -0.161. The van der Waals surface area contributed by atoms with Crippen molar-refractivity contribution in [2.24, 2.45) is 5.41 Å². The Labute approximate surface area is 143 Å². The maximum absolute atomic E-state index is 13.0. The molecule has 0 spiro atoms. The molecule has 2 N–H and O–H groups in total. The molecule has 1 heterocycles. The minimum atomic E-state index is -3.79. The monoisotopic (exact) mass is 355 g/mol. The lowest BCUT2D eigenvalue weighted by Crippen LogP contribution is -2.57. The van der Waals surface area contributed by atoms with Gasteiger partial charge in [0.2, 0.25) is 10.0 Å². The summed E-state index contributed by atoms with van der Waals surface area (Å²) in [5, 5.41) is 19.9. The molecule has 0 aliphatic carbocycles. The van der Waals surface area contributed by atoms with Gasteiger partial charge < -0.3 is 10.2 Å². The van der Waals surface area contributed by atoms with E-state index < -0.39 is 27.5 Å². The average Bonchev–Trinajstić information content (AvgIpc) is 2.48. The highest BCUT2D eigenvalue weighted by Gasteiger charge is 2.50. The SMILES string of the molecule is CCC[C@]1(C(=O)O)CN(S(=O)(=O)c2cc(C)cc(C)c2)CC[C@@H]1O. The fraction of sp³-hybridized carbons (Fsp3) is 0.588. The molecular weight excluding hydrogens is 330 g/mol. The number of carboxylic acid groups (broad SMARTS) is 1. The van der Waals surface area contributed by atoms with E-state index in [4.69, 9.17) is 0 Å². The molecule has 1 aromatic carbocycles. The van der Waals surface area contributed by atoms with Crippen LogP contribution >= 0.6 is 0 Å². The second-order valence-corrected chi connectivity index (χ2v) is 8.62. The van der Waals surface area contributed by atoms with E-state index in [0.29, 0.717) is 6.42 Å². The summed E-state index contributed by atoms with van der Waals surface area (Å²) in [4.78, 5) is 12.0. The molecule has 0 saturated carbocycles. The normalized spacial score (nSPS) is 25.6. The molecule has 0 bridgehead atoms. The fourth-order valence-corrected chi connectivity index (χ4v) is 5.20. The Morgan fingerprint density at radius 1 is 1.29 bits per heavy atom.